The second kappa shape index (κ2) is 7.88. The van der Waals surface area contributed by atoms with E-state index >= 15 is 0 Å². The third kappa shape index (κ3) is 4.01. The second-order valence-corrected chi connectivity index (χ2v) is 7.03. The number of ether oxygens (including phenoxy) is 1. The lowest BCUT2D eigenvalue weighted by Crippen LogP contribution is -2.36. The van der Waals surface area contributed by atoms with Gasteiger partial charge in [-0.15, -0.1) is 0 Å². The van der Waals surface area contributed by atoms with Gasteiger partial charge in [-0.2, -0.15) is 0 Å². The van der Waals surface area contributed by atoms with Crippen LogP contribution in [-0.4, -0.2) is 32.7 Å². The standard InChI is InChI=1S/C21H24N4O2/c1-15(27-17-6-2-3-7-17)21(26)23-13-16-10-11-20(22-12-16)25-14-24-18-8-4-5-9-19(18)25/h4-5,8-12,14-15,17H,2-3,6-7,13H2,1H3,(H,23,26)/t15-/m1/s1. The molecule has 1 fully saturated rings. The predicted octanol–water partition coefficient (Wildman–Crippen LogP) is 3.38. The smallest absolute Gasteiger partial charge is 0.249 e. The molecule has 1 aromatic carbocycles. The highest BCUT2D eigenvalue weighted by atomic mass is 16.5. The summed E-state index contributed by atoms with van der Waals surface area (Å²) >= 11 is 0. The molecule has 2 heterocycles. The van der Waals surface area contributed by atoms with Crippen molar-refractivity contribution in [1.29, 1.82) is 0 Å². The third-order valence-electron chi connectivity index (χ3n) is 5.04. The fourth-order valence-corrected chi connectivity index (χ4v) is 3.51. The molecule has 3 aromatic rings. The lowest BCUT2D eigenvalue weighted by atomic mass is 10.2. The number of amides is 1. The van der Waals surface area contributed by atoms with Gasteiger partial charge in [0.25, 0.3) is 0 Å². The Balaban J connectivity index is 1.36. The van der Waals surface area contributed by atoms with E-state index in [2.05, 4.69) is 15.3 Å². The summed E-state index contributed by atoms with van der Waals surface area (Å²) in [7, 11) is 0. The van der Waals surface area contributed by atoms with E-state index < -0.39 is 6.10 Å². The van der Waals surface area contributed by atoms with Gasteiger partial charge in [0.05, 0.1) is 17.1 Å². The Bertz CT molecular complexity index is 913. The Morgan fingerprint density at radius 3 is 2.81 bits per heavy atom. The molecule has 4 rings (SSSR count). The van der Waals surface area contributed by atoms with E-state index in [9.17, 15) is 4.79 Å². The van der Waals surface area contributed by atoms with Crippen molar-refractivity contribution < 1.29 is 9.53 Å². The lowest BCUT2D eigenvalue weighted by molar-refractivity contribution is -0.135. The van der Waals surface area contributed by atoms with Crippen LogP contribution in [0.15, 0.2) is 48.9 Å². The number of pyridine rings is 1. The van der Waals surface area contributed by atoms with E-state index in [-0.39, 0.29) is 12.0 Å². The molecular formula is C21H24N4O2. The number of para-hydroxylation sites is 2. The number of rotatable bonds is 6. The summed E-state index contributed by atoms with van der Waals surface area (Å²) in [5, 5.41) is 2.93. The molecule has 1 saturated carbocycles. The first-order valence-electron chi connectivity index (χ1n) is 9.51. The van der Waals surface area contributed by atoms with Crippen LogP contribution in [0.3, 0.4) is 0 Å². The number of carbonyl (C=O) groups excluding carboxylic acids is 1. The number of nitrogens with zero attached hydrogens (tertiary/aromatic N) is 3. The van der Waals surface area contributed by atoms with Crippen LogP contribution in [0.4, 0.5) is 0 Å². The van der Waals surface area contributed by atoms with Crippen molar-refractivity contribution in [3.8, 4) is 5.82 Å². The molecule has 1 N–H and O–H groups in total. The molecular weight excluding hydrogens is 340 g/mol. The summed E-state index contributed by atoms with van der Waals surface area (Å²) in [6, 6.07) is 11.9. The van der Waals surface area contributed by atoms with Crippen LogP contribution < -0.4 is 5.32 Å². The third-order valence-corrected chi connectivity index (χ3v) is 5.04. The summed E-state index contributed by atoms with van der Waals surface area (Å²) in [6.45, 7) is 2.26. The van der Waals surface area contributed by atoms with E-state index in [1.165, 1.54) is 12.8 Å². The first-order chi connectivity index (χ1) is 13.2. The van der Waals surface area contributed by atoms with Crippen LogP contribution in [0.2, 0.25) is 0 Å². The number of hydrogen-bond donors (Lipinski definition) is 1. The monoisotopic (exact) mass is 364 g/mol. The molecule has 1 aliphatic rings. The number of imidazole rings is 1. The fourth-order valence-electron chi connectivity index (χ4n) is 3.51. The van der Waals surface area contributed by atoms with Gasteiger partial charge in [0.2, 0.25) is 5.91 Å². The maximum Gasteiger partial charge on any atom is 0.249 e. The van der Waals surface area contributed by atoms with Crippen molar-refractivity contribution in [2.45, 2.75) is 51.4 Å². The van der Waals surface area contributed by atoms with Gasteiger partial charge in [-0.05, 0) is 43.5 Å². The highest BCUT2D eigenvalue weighted by Crippen LogP contribution is 2.22. The summed E-state index contributed by atoms with van der Waals surface area (Å²) in [4.78, 5) is 21.1. The molecule has 0 bridgehead atoms. The lowest BCUT2D eigenvalue weighted by Gasteiger charge is -2.18. The van der Waals surface area contributed by atoms with Crippen LogP contribution >= 0.6 is 0 Å². The number of benzene rings is 1. The molecule has 1 aliphatic carbocycles. The van der Waals surface area contributed by atoms with E-state index in [0.717, 1.165) is 35.3 Å². The molecule has 6 heteroatoms. The van der Waals surface area contributed by atoms with Crippen molar-refractivity contribution >= 4 is 16.9 Å². The number of carbonyl (C=O) groups is 1. The quantitative estimate of drug-likeness (QED) is 0.728. The molecule has 27 heavy (non-hydrogen) atoms. The highest BCUT2D eigenvalue weighted by molar-refractivity contribution is 5.80. The van der Waals surface area contributed by atoms with Crippen molar-refractivity contribution in [1.82, 2.24) is 19.9 Å². The van der Waals surface area contributed by atoms with E-state index in [1.807, 2.05) is 47.9 Å². The molecule has 1 atom stereocenters. The average Bonchev–Trinajstić information content (AvgIpc) is 3.36. The molecule has 0 radical (unpaired) electrons. The van der Waals surface area contributed by atoms with Crippen LogP contribution in [0.1, 0.15) is 38.2 Å². The zero-order chi connectivity index (χ0) is 18.6. The van der Waals surface area contributed by atoms with E-state index in [1.54, 1.807) is 12.5 Å². The summed E-state index contributed by atoms with van der Waals surface area (Å²) < 4.78 is 7.79. The minimum atomic E-state index is -0.419. The van der Waals surface area contributed by atoms with Crippen LogP contribution in [-0.2, 0) is 16.1 Å². The molecule has 0 spiro atoms. The van der Waals surface area contributed by atoms with Crippen LogP contribution in [0.25, 0.3) is 16.9 Å². The van der Waals surface area contributed by atoms with Crippen molar-refractivity contribution in [3.05, 3.63) is 54.5 Å². The largest absolute Gasteiger partial charge is 0.365 e. The number of fused-ring (bicyclic) bond motifs is 1. The van der Waals surface area contributed by atoms with E-state index in [4.69, 9.17) is 4.74 Å². The Hall–Kier alpha value is -2.73. The number of hydrogen-bond acceptors (Lipinski definition) is 4. The van der Waals surface area contributed by atoms with Gasteiger partial charge < -0.3 is 10.1 Å². The number of aromatic nitrogens is 3. The van der Waals surface area contributed by atoms with Gasteiger partial charge >= 0.3 is 0 Å². The maximum absolute atomic E-state index is 12.2. The Morgan fingerprint density at radius 2 is 2.04 bits per heavy atom. The molecule has 140 valence electrons. The number of nitrogens with one attached hydrogen (secondary N) is 1. The zero-order valence-corrected chi connectivity index (χ0v) is 15.5. The van der Waals surface area contributed by atoms with E-state index in [0.29, 0.717) is 6.54 Å². The molecule has 1 amide bonds. The second-order valence-electron chi connectivity index (χ2n) is 7.03. The predicted molar refractivity (Wildman–Crippen MR) is 104 cm³/mol. The molecule has 6 nitrogen and oxygen atoms in total. The summed E-state index contributed by atoms with van der Waals surface area (Å²) in [5.41, 5.74) is 2.90. The van der Waals surface area contributed by atoms with Gasteiger partial charge in [-0.3, -0.25) is 9.36 Å². The van der Waals surface area contributed by atoms with Crippen LogP contribution in [0, 0.1) is 0 Å². The van der Waals surface area contributed by atoms with Gasteiger partial charge in [-0.25, -0.2) is 9.97 Å². The zero-order valence-electron chi connectivity index (χ0n) is 15.5. The normalized spacial score (nSPS) is 15.9. The first kappa shape index (κ1) is 17.7. The van der Waals surface area contributed by atoms with Gasteiger partial charge in [0.15, 0.2) is 0 Å². The van der Waals surface area contributed by atoms with Crippen molar-refractivity contribution in [3.63, 3.8) is 0 Å². The Labute approximate surface area is 158 Å². The van der Waals surface area contributed by atoms with Crippen molar-refractivity contribution in [2.75, 3.05) is 0 Å². The molecule has 0 saturated heterocycles. The highest BCUT2D eigenvalue weighted by Gasteiger charge is 2.21. The molecule has 0 unspecified atom stereocenters. The minimum Gasteiger partial charge on any atom is -0.365 e. The average molecular weight is 364 g/mol. The fraction of sp³-hybridized carbons (Fsp3) is 0.381. The molecule has 2 aromatic heterocycles. The van der Waals surface area contributed by atoms with Gasteiger partial charge in [0, 0.05) is 12.7 Å². The topological polar surface area (TPSA) is 69.0 Å². The minimum absolute atomic E-state index is 0.0772. The summed E-state index contributed by atoms with van der Waals surface area (Å²) in [5.74, 6) is 0.725. The summed E-state index contributed by atoms with van der Waals surface area (Å²) in [6.07, 6.45) is 7.89. The van der Waals surface area contributed by atoms with Gasteiger partial charge in [-0.1, -0.05) is 31.0 Å². The Kier molecular flexibility index (Phi) is 5.16. The van der Waals surface area contributed by atoms with Gasteiger partial charge in [0.1, 0.15) is 18.2 Å². The first-order valence-corrected chi connectivity index (χ1v) is 9.51. The molecule has 0 aliphatic heterocycles. The Morgan fingerprint density at radius 1 is 1.22 bits per heavy atom. The maximum atomic E-state index is 12.2. The van der Waals surface area contributed by atoms with Crippen LogP contribution in [0.5, 0.6) is 0 Å². The SMILES string of the molecule is C[C@@H](OC1CCCC1)C(=O)NCc1ccc(-n2cnc3ccccc32)nc1. The van der Waals surface area contributed by atoms with Crippen molar-refractivity contribution in [2.24, 2.45) is 0 Å².